The molecule has 0 fully saturated rings. The van der Waals surface area contributed by atoms with E-state index >= 15 is 0 Å². The predicted molar refractivity (Wildman–Crippen MR) is 38.6 cm³/mol. The summed E-state index contributed by atoms with van der Waals surface area (Å²) in [5, 5.41) is 39.4. The lowest BCUT2D eigenvalue weighted by Gasteiger charge is -2.12. The molecule has 12 heavy (non-hydrogen) atoms. The van der Waals surface area contributed by atoms with Gasteiger partial charge in [-0.25, -0.2) is 0 Å². The van der Waals surface area contributed by atoms with Crippen LogP contribution in [-0.4, -0.2) is 21.6 Å². The smallest absolute Gasteiger partial charge is 0.156 e. The molecule has 1 aromatic carbocycles. The van der Waals surface area contributed by atoms with Gasteiger partial charge >= 0.3 is 0 Å². The minimum atomic E-state index is -0.771. The van der Waals surface area contributed by atoms with Crippen LogP contribution in [0, 0.1) is 0 Å². The molecule has 0 spiro atoms. The van der Waals surface area contributed by atoms with E-state index in [1.165, 1.54) is 6.07 Å². The van der Waals surface area contributed by atoms with Gasteiger partial charge in [0, 0.05) is 0 Å². The van der Waals surface area contributed by atoms with E-state index < -0.39 is 17.2 Å². The maximum absolute atomic E-state index is 11.0. The Balaban J connectivity index is 3.26. The fraction of sp³-hybridized carbons (Fsp3) is 0. The van der Waals surface area contributed by atoms with Crippen LogP contribution < -0.4 is 5.11 Å². The zero-order valence-electron chi connectivity index (χ0n) is 5.93. The van der Waals surface area contributed by atoms with Gasteiger partial charge in [0.2, 0.25) is 0 Å². The molecule has 5 heteroatoms. The van der Waals surface area contributed by atoms with Gasteiger partial charge in [0.05, 0.1) is 6.21 Å². The number of nitrogens with zero attached hydrogens (tertiary/aromatic N) is 1. The van der Waals surface area contributed by atoms with Crippen LogP contribution in [0.3, 0.4) is 0 Å². The second-order valence-corrected chi connectivity index (χ2v) is 2.10. The number of benzene rings is 1. The summed E-state index contributed by atoms with van der Waals surface area (Å²) in [7, 11) is 0. The first-order valence-electron chi connectivity index (χ1n) is 3.06. The highest BCUT2D eigenvalue weighted by Gasteiger charge is 2.01. The van der Waals surface area contributed by atoms with Gasteiger partial charge in [0.25, 0.3) is 0 Å². The topological polar surface area (TPSA) is 96.1 Å². The molecule has 0 atom stereocenters. The molecular weight excluding hydrogens is 162 g/mol. The molecule has 0 aliphatic heterocycles. The minimum absolute atomic E-state index is 0.00722. The molecule has 0 bridgehead atoms. The number of hydrogen-bond donors (Lipinski definition) is 3. The van der Waals surface area contributed by atoms with Crippen LogP contribution in [0.1, 0.15) is 5.56 Å². The Kier molecular flexibility index (Phi) is 2.05. The fourth-order valence-electron chi connectivity index (χ4n) is 0.740. The number of hydrogen-bond acceptors (Lipinski definition) is 5. The van der Waals surface area contributed by atoms with E-state index in [1.807, 2.05) is 0 Å². The Hall–Kier alpha value is -1.91. The Morgan fingerprint density at radius 2 is 2.00 bits per heavy atom. The van der Waals surface area contributed by atoms with Crippen LogP contribution in [0.25, 0.3) is 0 Å². The lowest BCUT2D eigenvalue weighted by molar-refractivity contribution is -0.270. The molecule has 0 saturated carbocycles. The van der Waals surface area contributed by atoms with E-state index in [9.17, 15) is 5.11 Å². The van der Waals surface area contributed by atoms with E-state index in [4.69, 9.17) is 15.4 Å². The van der Waals surface area contributed by atoms with E-state index in [0.29, 0.717) is 0 Å². The molecule has 0 aliphatic rings. The normalized spacial score (nSPS) is 10.7. The van der Waals surface area contributed by atoms with Crippen LogP contribution >= 0.6 is 0 Å². The second-order valence-electron chi connectivity index (χ2n) is 2.10. The molecule has 5 nitrogen and oxygen atoms in total. The van der Waals surface area contributed by atoms with Crippen LogP contribution in [0.2, 0.25) is 0 Å². The van der Waals surface area contributed by atoms with Crippen molar-refractivity contribution in [1.82, 2.24) is 0 Å². The molecule has 0 heterocycles. The maximum Gasteiger partial charge on any atom is 0.156 e. The van der Waals surface area contributed by atoms with Crippen LogP contribution in [-0.2, 0) is 0 Å². The third-order valence-electron chi connectivity index (χ3n) is 1.34. The van der Waals surface area contributed by atoms with Crippen molar-refractivity contribution in [3.8, 4) is 17.2 Å². The molecule has 0 unspecified atom stereocenters. The maximum atomic E-state index is 11.0. The number of rotatable bonds is 1. The van der Waals surface area contributed by atoms with Gasteiger partial charge in [-0.05, 0) is 17.7 Å². The Bertz CT molecular complexity index is 321. The van der Waals surface area contributed by atoms with Gasteiger partial charge in [-0.2, -0.15) is 0 Å². The molecular formula is C7H6NO4-. The van der Waals surface area contributed by atoms with Gasteiger partial charge in [0.1, 0.15) is 5.75 Å². The fourth-order valence-corrected chi connectivity index (χ4v) is 0.740. The Labute approximate surface area is 67.8 Å². The van der Waals surface area contributed by atoms with Crippen LogP contribution in [0.5, 0.6) is 17.2 Å². The van der Waals surface area contributed by atoms with Crippen molar-refractivity contribution < 1.29 is 20.5 Å². The second kappa shape index (κ2) is 3.00. The average molecular weight is 168 g/mol. The summed E-state index contributed by atoms with van der Waals surface area (Å²) < 4.78 is 0. The lowest BCUT2D eigenvalue weighted by atomic mass is 10.2. The van der Waals surface area contributed by atoms with Crippen molar-refractivity contribution in [2.75, 3.05) is 0 Å². The van der Waals surface area contributed by atoms with Crippen molar-refractivity contribution in [3.05, 3.63) is 17.7 Å². The third kappa shape index (κ3) is 1.24. The summed E-state index contributed by atoms with van der Waals surface area (Å²) in [6.07, 6.45) is 0.876. The van der Waals surface area contributed by atoms with Gasteiger partial charge in [-0.3, -0.25) is 0 Å². The highest BCUT2D eigenvalue weighted by Crippen LogP contribution is 2.33. The van der Waals surface area contributed by atoms with Crippen molar-refractivity contribution >= 4 is 6.21 Å². The minimum Gasteiger partial charge on any atom is -0.869 e. The number of oxime groups is 1. The summed E-state index contributed by atoms with van der Waals surface area (Å²) in [5.74, 6) is -2.00. The van der Waals surface area contributed by atoms with E-state index in [2.05, 4.69) is 5.16 Å². The number of phenols is 2. The van der Waals surface area contributed by atoms with Crippen LogP contribution in [0.15, 0.2) is 17.3 Å². The first-order chi connectivity index (χ1) is 5.66. The summed E-state index contributed by atoms with van der Waals surface area (Å²) in [4.78, 5) is 0. The van der Waals surface area contributed by atoms with Crippen molar-refractivity contribution in [2.24, 2.45) is 5.16 Å². The Morgan fingerprint density at radius 3 is 2.58 bits per heavy atom. The predicted octanol–water partition coefficient (Wildman–Crippen LogP) is -0.0205. The average Bonchev–Trinajstić information content (AvgIpc) is 2.07. The zero-order valence-corrected chi connectivity index (χ0v) is 5.93. The Morgan fingerprint density at radius 1 is 1.33 bits per heavy atom. The van der Waals surface area contributed by atoms with Crippen molar-refractivity contribution in [3.63, 3.8) is 0 Å². The molecule has 3 N–H and O–H groups in total. The third-order valence-corrected chi connectivity index (χ3v) is 1.34. The first kappa shape index (κ1) is 8.19. The van der Waals surface area contributed by atoms with E-state index in [1.54, 1.807) is 0 Å². The molecule has 1 rings (SSSR count). The lowest BCUT2D eigenvalue weighted by Crippen LogP contribution is -1.96. The molecule has 0 aliphatic carbocycles. The SMILES string of the molecule is [O-]c1c(/C=N/O)ccc(O)c1O. The summed E-state index contributed by atoms with van der Waals surface area (Å²) in [6.45, 7) is 0. The zero-order chi connectivity index (χ0) is 9.14. The molecule has 0 radical (unpaired) electrons. The number of phenolic OH excluding ortho intramolecular Hbond substituents is 2. The molecule has 64 valence electrons. The van der Waals surface area contributed by atoms with E-state index in [-0.39, 0.29) is 5.56 Å². The van der Waals surface area contributed by atoms with Gasteiger partial charge in [-0.15, -0.1) is 0 Å². The molecule has 1 aromatic rings. The molecule has 0 saturated heterocycles. The van der Waals surface area contributed by atoms with Crippen molar-refractivity contribution in [1.29, 1.82) is 0 Å². The standard InChI is InChI=1S/C7H7NO4/c9-5-2-1-4(3-8-12)6(10)7(5)11/h1-3,9-12H/p-1/b8-3+. The highest BCUT2D eigenvalue weighted by atomic mass is 16.4. The monoisotopic (exact) mass is 168 g/mol. The summed E-state index contributed by atoms with van der Waals surface area (Å²) >= 11 is 0. The van der Waals surface area contributed by atoms with Gasteiger partial charge in [-0.1, -0.05) is 10.9 Å². The first-order valence-corrected chi connectivity index (χ1v) is 3.06. The van der Waals surface area contributed by atoms with E-state index in [0.717, 1.165) is 12.3 Å². The summed E-state index contributed by atoms with van der Waals surface area (Å²) in [6, 6.07) is 2.37. The number of aromatic hydroxyl groups is 2. The quantitative estimate of drug-likeness (QED) is 0.237. The summed E-state index contributed by atoms with van der Waals surface area (Å²) in [5.41, 5.74) is 0.00722. The van der Waals surface area contributed by atoms with Gasteiger partial charge < -0.3 is 20.5 Å². The van der Waals surface area contributed by atoms with Crippen LogP contribution in [0.4, 0.5) is 0 Å². The highest BCUT2D eigenvalue weighted by molar-refractivity contribution is 5.84. The molecule has 0 amide bonds. The largest absolute Gasteiger partial charge is 0.869 e. The van der Waals surface area contributed by atoms with Crippen molar-refractivity contribution in [2.45, 2.75) is 0 Å². The van der Waals surface area contributed by atoms with Gasteiger partial charge in [0.15, 0.2) is 5.75 Å². The molecule has 0 aromatic heterocycles.